The minimum Gasteiger partial charge on any atom is -0.481 e. The SMILES string of the molecule is Cc1ccccc1[C@H](CC(=O)O)NC(=O)c1cc(NC(=O)C(c2ccccc2)c2ccccc2)n(-c2ccccc2)n1. The summed E-state index contributed by atoms with van der Waals surface area (Å²) in [6.07, 6.45) is -0.296. The fourth-order valence-electron chi connectivity index (χ4n) is 4.96. The molecule has 4 aromatic carbocycles. The van der Waals surface area contributed by atoms with Crippen LogP contribution >= 0.6 is 0 Å². The summed E-state index contributed by atoms with van der Waals surface area (Å²) in [5.74, 6) is -2.19. The first-order valence-corrected chi connectivity index (χ1v) is 13.5. The number of benzene rings is 4. The summed E-state index contributed by atoms with van der Waals surface area (Å²) in [5.41, 5.74) is 3.88. The smallest absolute Gasteiger partial charge is 0.305 e. The monoisotopic (exact) mass is 558 g/mol. The summed E-state index contributed by atoms with van der Waals surface area (Å²) in [5, 5.41) is 19.9. The van der Waals surface area contributed by atoms with E-state index in [1.54, 1.807) is 12.1 Å². The maximum Gasteiger partial charge on any atom is 0.305 e. The molecule has 210 valence electrons. The molecule has 0 radical (unpaired) electrons. The first-order chi connectivity index (χ1) is 20.4. The van der Waals surface area contributed by atoms with Crippen molar-refractivity contribution in [3.05, 3.63) is 149 Å². The van der Waals surface area contributed by atoms with Gasteiger partial charge in [0.05, 0.1) is 24.1 Å². The van der Waals surface area contributed by atoms with Gasteiger partial charge in [-0.3, -0.25) is 14.4 Å². The number of carbonyl (C=O) groups excluding carboxylic acids is 2. The van der Waals surface area contributed by atoms with Crippen molar-refractivity contribution in [2.75, 3.05) is 5.32 Å². The Morgan fingerprint density at radius 2 is 1.33 bits per heavy atom. The first-order valence-electron chi connectivity index (χ1n) is 13.5. The Hall–Kier alpha value is -5.50. The van der Waals surface area contributed by atoms with Crippen LogP contribution in [-0.4, -0.2) is 32.7 Å². The van der Waals surface area contributed by atoms with E-state index in [9.17, 15) is 19.5 Å². The zero-order valence-electron chi connectivity index (χ0n) is 23.0. The molecule has 0 bridgehead atoms. The van der Waals surface area contributed by atoms with Crippen LogP contribution in [0, 0.1) is 6.92 Å². The fourth-order valence-corrected chi connectivity index (χ4v) is 4.96. The summed E-state index contributed by atoms with van der Waals surface area (Å²) in [6, 6.07) is 36.2. The third-order valence-corrected chi connectivity index (χ3v) is 6.97. The highest BCUT2D eigenvalue weighted by molar-refractivity contribution is 5.99. The summed E-state index contributed by atoms with van der Waals surface area (Å²) >= 11 is 0. The Labute approximate surface area is 243 Å². The average molecular weight is 559 g/mol. The van der Waals surface area contributed by atoms with Gasteiger partial charge in [0.15, 0.2) is 5.69 Å². The number of anilines is 1. The van der Waals surface area contributed by atoms with Gasteiger partial charge in [-0.15, -0.1) is 0 Å². The highest BCUT2D eigenvalue weighted by atomic mass is 16.4. The molecular formula is C34H30N4O4. The van der Waals surface area contributed by atoms with E-state index < -0.39 is 23.8 Å². The number of aliphatic carboxylic acids is 1. The van der Waals surface area contributed by atoms with Crippen LogP contribution in [0.25, 0.3) is 5.69 Å². The van der Waals surface area contributed by atoms with E-state index in [4.69, 9.17) is 0 Å². The molecule has 1 atom stereocenters. The van der Waals surface area contributed by atoms with Gasteiger partial charge in [0.2, 0.25) is 5.91 Å². The normalized spacial score (nSPS) is 11.6. The van der Waals surface area contributed by atoms with Crippen molar-refractivity contribution >= 4 is 23.6 Å². The lowest BCUT2D eigenvalue weighted by Crippen LogP contribution is -2.31. The topological polar surface area (TPSA) is 113 Å². The third kappa shape index (κ3) is 6.45. The second kappa shape index (κ2) is 12.8. The molecule has 0 aliphatic heterocycles. The second-order valence-electron chi connectivity index (χ2n) is 9.89. The molecular weight excluding hydrogens is 528 g/mol. The van der Waals surface area contributed by atoms with Gasteiger partial charge in [0.1, 0.15) is 5.82 Å². The van der Waals surface area contributed by atoms with Gasteiger partial charge in [-0.05, 0) is 41.3 Å². The maximum atomic E-state index is 13.9. The van der Waals surface area contributed by atoms with Gasteiger partial charge < -0.3 is 15.7 Å². The Morgan fingerprint density at radius 3 is 1.90 bits per heavy atom. The molecule has 1 aromatic heterocycles. The zero-order chi connectivity index (χ0) is 29.5. The van der Waals surface area contributed by atoms with E-state index in [0.717, 1.165) is 16.7 Å². The van der Waals surface area contributed by atoms with E-state index >= 15 is 0 Å². The highest BCUT2D eigenvalue weighted by Gasteiger charge is 2.26. The van der Waals surface area contributed by atoms with Crippen LogP contribution in [0.1, 0.15) is 51.1 Å². The van der Waals surface area contributed by atoms with E-state index in [0.29, 0.717) is 17.1 Å². The van der Waals surface area contributed by atoms with Gasteiger partial charge in [0.25, 0.3) is 5.91 Å². The van der Waals surface area contributed by atoms with Crippen molar-refractivity contribution in [2.24, 2.45) is 0 Å². The number of carboxylic acid groups (broad SMARTS) is 1. The summed E-state index contributed by atoms with van der Waals surface area (Å²) in [6.45, 7) is 1.87. The van der Waals surface area contributed by atoms with Crippen LogP contribution in [-0.2, 0) is 9.59 Å². The molecule has 0 fully saturated rings. The molecule has 42 heavy (non-hydrogen) atoms. The summed E-state index contributed by atoms with van der Waals surface area (Å²) < 4.78 is 1.50. The number of hydrogen-bond donors (Lipinski definition) is 3. The van der Waals surface area contributed by atoms with E-state index in [1.807, 2.05) is 110 Å². The predicted molar refractivity (Wildman–Crippen MR) is 161 cm³/mol. The van der Waals surface area contributed by atoms with Gasteiger partial charge in [-0.1, -0.05) is 103 Å². The average Bonchev–Trinajstić information content (AvgIpc) is 3.42. The number of aryl methyl sites for hydroxylation is 1. The van der Waals surface area contributed by atoms with Crippen LogP contribution in [0.4, 0.5) is 5.82 Å². The van der Waals surface area contributed by atoms with Gasteiger partial charge >= 0.3 is 5.97 Å². The van der Waals surface area contributed by atoms with Crippen molar-refractivity contribution in [1.82, 2.24) is 15.1 Å². The lowest BCUT2D eigenvalue weighted by Gasteiger charge is -2.18. The third-order valence-electron chi connectivity index (χ3n) is 6.97. The van der Waals surface area contributed by atoms with Crippen molar-refractivity contribution in [1.29, 1.82) is 0 Å². The molecule has 3 N–H and O–H groups in total. The predicted octanol–water partition coefficient (Wildman–Crippen LogP) is 5.90. The number of rotatable bonds is 10. The summed E-state index contributed by atoms with van der Waals surface area (Å²) in [4.78, 5) is 39.0. The molecule has 0 aliphatic carbocycles. The van der Waals surface area contributed by atoms with Crippen molar-refractivity contribution in [3.63, 3.8) is 0 Å². The Kier molecular flexibility index (Phi) is 8.53. The largest absolute Gasteiger partial charge is 0.481 e. The van der Waals surface area contributed by atoms with Gasteiger partial charge in [-0.25, -0.2) is 4.68 Å². The lowest BCUT2D eigenvalue weighted by molar-refractivity contribution is -0.137. The van der Waals surface area contributed by atoms with Crippen molar-refractivity contribution in [2.45, 2.75) is 25.3 Å². The highest BCUT2D eigenvalue weighted by Crippen LogP contribution is 2.28. The Morgan fingerprint density at radius 1 is 0.786 bits per heavy atom. The number of nitrogens with zero attached hydrogens (tertiary/aromatic N) is 2. The van der Waals surface area contributed by atoms with Crippen LogP contribution in [0.3, 0.4) is 0 Å². The quantitative estimate of drug-likeness (QED) is 0.198. The van der Waals surface area contributed by atoms with E-state index in [1.165, 1.54) is 10.7 Å². The Bertz CT molecular complexity index is 1650. The maximum absolute atomic E-state index is 13.9. The zero-order valence-corrected chi connectivity index (χ0v) is 23.0. The molecule has 0 spiro atoms. The number of carboxylic acids is 1. The van der Waals surface area contributed by atoms with Gasteiger partial charge in [-0.2, -0.15) is 5.10 Å². The van der Waals surface area contributed by atoms with Crippen LogP contribution in [0.5, 0.6) is 0 Å². The van der Waals surface area contributed by atoms with E-state index in [2.05, 4.69) is 15.7 Å². The van der Waals surface area contributed by atoms with Crippen LogP contribution < -0.4 is 10.6 Å². The molecule has 0 unspecified atom stereocenters. The molecule has 1 heterocycles. The minimum atomic E-state index is -1.04. The molecule has 2 amide bonds. The lowest BCUT2D eigenvalue weighted by atomic mass is 9.90. The number of carbonyl (C=O) groups is 3. The number of para-hydroxylation sites is 1. The van der Waals surface area contributed by atoms with E-state index in [-0.39, 0.29) is 18.0 Å². The minimum absolute atomic E-state index is 0.0362. The molecule has 5 rings (SSSR count). The molecule has 5 aromatic rings. The summed E-state index contributed by atoms with van der Waals surface area (Å²) in [7, 11) is 0. The van der Waals surface area contributed by atoms with Crippen LogP contribution in [0.2, 0.25) is 0 Å². The molecule has 8 heteroatoms. The van der Waals surface area contributed by atoms with Crippen molar-refractivity contribution < 1.29 is 19.5 Å². The standard InChI is InChI=1S/C34H30N4O4/c1-23-13-11-12-20-27(23)28(22-31(39)40)35-33(41)29-21-30(38(37-29)26-18-9-4-10-19-26)36-34(42)32(24-14-5-2-6-15-24)25-16-7-3-8-17-25/h2-21,28,32H,22H2,1H3,(H,35,41)(H,36,42)(H,39,40)/t28-/m0/s1. The Balaban J connectivity index is 1.49. The van der Waals surface area contributed by atoms with Crippen LogP contribution in [0.15, 0.2) is 121 Å². The fraction of sp³-hybridized carbons (Fsp3) is 0.118. The molecule has 0 aliphatic rings. The second-order valence-corrected chi connectivity index (χ2v) is 9.89. The number of hydrogen-bond acceptors (Lipinski definition) is 4. The van der Waals surface area contributed by atoms with Gasteiger partial charge in [0, 0.05) is 6.07 Å². The number of amides is 2. The number of nitrogens with one attached hydrogen (secondary N) is 2. The first kappa shape index (κ1) is 28.0. The van der Waals surface area contributed by atoms with Crippen molar-refractivity contribution in [3.8, 4) is 5.69 Å². The molecule has 0 saturated heterocycles. The molecule has 8 nitrogen and oxygen atoms in total. The molecule has 0 saturated carbocycles. The number of aromatic nitrogens is 2.